The average Bonchev–Trinajstić information content (AvgIpc) is 2.75. The summed E-state index contributed by atoms with van der Waals surface area (Å²) in [5.74, 6) is 0.0961. The van der Waals surface area contributed by atoms with Gasteiger partial charge in [0.05, 0.1) is 4.90 Å². The maximum atomic E-state index is 12.7. The highest BCUT2D eigenvalue weighted by Crippen LogP contribution is 2.25. The largest absolute Gasteiger partial charge is 0.372 e. The first-order valence-corrected chi connectivity index (χ1v) is 11.8. The third kappa shape index (κ3) is 4.56. The zero-order valence-corrected chi connectivity index (χ0v) is 17.3. The van der Waals surface area contributed by atoms with E-state index in [0.717, 1.165) is 37.3 Å². The van der Waals surface area contributed by atoms with E-state index in [2.05, 4.69) is 9.62 Å². The molecular weight excluding hydrogens is 386 g/mol. The van der Waals surface area contributed by atoms with Crippen LogP contribution in [0.2, 0.25) is 0 Å². The summed E-state index contributed by atoms with van der Waals surface area (Å²) in [7, 11) is -3.68. The van der Waals surface area contributed by atoms with Gasteiger partial charge in [-0.3, -0.25) is 9.52 Å². The number of sulfonamides is 1. The Hall–Kier alpha value is -2.54. The van der Waals surface area contributed by atoms with Crippen molar-refractivity contribution in [3.63, 3.8) is 0 Å². The molecule has 0 aliphatic carbocycles. The molecule has 154 valence electrons. The molecule has 2 heterocycles. The maximum absolute atomic E-state index is 12.7. The molecule has 2 aromatic rings. The van der Waals surface area contributed by atoms with E-state index in [-0.39, 0.29) is 10.8 Å². The fourth-order valence-electron chi connectivity index (χ4n) is 3.99. The maximum Gasteiger partial charge on any atom is 0.261 e. The van der Waals surface area contributed by atoms with E-state index in [1.165, 1.54) is 19.3 Å². The van der Waals surface area contributed by atoms with Crippen molar-refractivity contribution in [3.8, 4) is 0 Å². The molecule has 0 spiro atoms. The number of hydrogen-bond donors (Lipinski definition) is 1. The van der Waals surface area contributed by atoms with Crippen molar-refractivity contribution in [1.82, 2.24) is 0 Å². The van der Waals surface area contributed by atoms with E-state index in [4.69, 9.17) is 0 Å². The predicted molar refractivity (Wildman–Crippen MR) is 116 cm³/mol. The zero-order chi connectivity index (χ0) is 20.3. The van der Waals surface area contributed by atoms with E-state index < -0.39 is 10.0 Å². The lowest BCUT2D eigenvalue weighted by molar-refractivity contribution is -0.119. The summed E-state index contributed by atoms with van der Waals surface area (Å²) in [6.45, 7) is 2.79. The van der Waals surface area contributed by atoms with Gasteiger partial charge in [-0.25, -0.2) is 8.42 Å². The van der Waals surface area contributed by atoms with Gasteiger partial charge in [0.2, 0.25) is 5.91 Å². The van der Waals surface area contributed by atoms with E-state index in [9.17, 15) is 13.2 Å². The Morgan fingerprint density at radius 3 is 2.00 bits per heavy atom. The second-order valence-electron chi connectivity index (χ2n) is 7.70. The summed E-state index contributed by atoms with van der Waals surface area (Å²) < 4.78 is 28.1. The number of anilines is 3. The van der Waals surface area contributed by atoms with Gasteiger partial charge in [-0.2, -0.15) is 0 Å². The molecule has 0 saturated carbocycles. The molecule has 0 aromatic heterocycles. The molecule has 0 atom stereocenters. The highest BCUT2D eigenvalue weighted by molar-refractivity contribution is 7.92. The highest BCUT2D eigenvalue weighted by Gasteiger charge is 2.21. The first-order valence-electron chi connectivity index (χ1n) is 10.3. The van der Waals surface area contributed by atoms with Gasteiger partial charge in [0.1, 0.15) is 0 Å². The molecule has 2 aliphatic heterocycles. The monoisotopic (exact) mass is 413 g/mol. The number of amides is 1. The molecule has 29 heavy (non-hydrogen) atoms. The lowest BCUT2D eigenvalue weighted by Gasteiger charge is -2.28. The Kier molecular flexibility index (Phi) is 5.76. The van der Waals surface area contributed by atoms with Crippen molar-refractivity contribution >= 4 is 33.0 Å². The van der Waals surface area contributed by atoms with Crippen LogP contribution >= 0.6 is 0 Å². The van der Waals surface area contributed by atoms with Gasteiger partial charge in [-0.05, 0) is 80.6 Å². The van der Waals surface area contributed by atoms with Gasteiger partial charge >= 0.3 is 0 Å². The van der Waals surface area contributed by atoms with Crippen LogP contribution in [0.25, 0.3) is 0 Å². The third-order valence-corrected chi connectivity index (χ3v) is 7.02. The number of rotatable bonds is 5. The Morgan fingerprint density at radius 1 is 0.724 bits per heavy atom. The lowest BCUT2D eigenvalue weighted by atomic mass is 10.1. The van der Waals surface area contributed by atoms with E-state index in [1.54, 1.807) is 29.2 Å². The Bertz CT molecular complexity index is 950. The van der Waals surface area contributed by atoms with E-state index >= 15 is 0 Å². The molecule has 1 N–H and O–H groups in total. The summed E-state index contributed by atoms with van der Waals surface area (Å²) in [4.78, 5) is 16.3. The number of carbonyl (C=O) groups excluding carboxylic acids is 1. The minimum absolute atomic E-state index is 0.0961. The quantitative estimate of drug-likeness (QED) is 0.805. The van der Waals surface area contributed by atoms with E-state index in [1.807, 2.05) is 24.3 Å². The van der Waals surface area contributed by atoms with E-state index in [0.29, 0.717) is 18.7 Å². The van der Waals surface area contributed by atoms with Gasteiger partial charge in [-0.1, -0.05) is 0 Å². The number of carbonyl (C=O) groups is 1. The number of benzene rings is 2. The van der Waals surface area contributed by atoms with Crippen molar-refractivity contribution in [2.45, 2.75) is 43.4 Å². The lowest BCUT2D eigenvalue weighted by Crippen LogP contribution is -2.35. The second kappa shape index (κ2) is 8.45. The fourth-order valence-corrected chi connectivity index (χ4v) is 5.05. The van der Waals surface area contributed by atoms with Crippen molar-refractivity contribution in [2.75, 3.05) is 34.2 Å². The Labute approximate surface area is 172 Å². The molecule has 4 rings (SSSR count). The van der Waals surface area contributed by atoms with Crippen LogP contribution in [0.3, 0.4) is 0 Å². The number of piperidine rings is 2. The Balaban J connectivity index is 1.44. The van der Waals surface area contributed by atoms with Crippen LogP contribution in [0.1, 0.15) is 38.5 Å². The van der Waals surface area contributed by atoms with Gasteiger partial charge in [-0.15, -0.1) is 0 Å². The fraction of sp³-hybridized carbons (Fsp3) is 0.409. The molecule has 2 aromatic carbocycles. The van der Waals surface area contributed by atoms with Crippen LogP contribution in [-0.2, 0) is 14.8 Å². The van der Waals surface area contributed by atoms with Crippen LogP contribution in [0, 0.1) is 0 Å². The summed E-state index contributed by atoms with van der Waals surface area (Å²) in [6.07, 6.45) is 6.12. The standard InChI is InChI=1S/C22H27N3O3S/c26-22-6-2-5-17-25(22)20-11-13-21(14-12-20)29(27,28)23-18-7-9-19(10-8-18)24-15-3-1-4-16-24/h7-14,23H,1-6,15-17H2. The minimum atomic E-state index is -3.68. The average molecular weight is 414 g/mol. The second-order valence-corrected chi connectivity index (χ2v) is 9.38. The predicted octanol–water partition coefficient (Wildman–Crippen LogP) is 3.99. The number of hydrogen-bond acceptors (Lipinski definition) is 4. The molecule has 0 bridgehead atoms. The topological polar surface area (TPSA) is 69.7 Å². The Morgan fingerprint density at radius 2 is 1.34 bits per heavy atom. The molecule has 2 saturated heterocycles. The molecule has 7 heteroatoms. The molecule has 2 aliphatic rings. The molecule has 0 radical (unpaired) electrons. The SMILES string of the molecule is O=C1CCCCN1c1ccc(S(=O)(=O)Nc2ccc(N3CCCCC3)cc2)cc1. The van der Waals surface area contributed by atoms with Gasteiger partial charge < -0.3 is 9.80 Å². The molecule has 0 unspecified atom stereocenters. The van der Waals surface area contributed by atoms with Gasteiger partial charge in [0.15, 0.2) is 0 Å². The normalized spacial score (nSPS) is 18.0. The van der Waals surface area contributed by atoms with Gasteiger partial charge in [0, 0.05) is 43.1 Å². The molecule has 1 amide bonds. The minimum Gasteiger partial charge on any atom is -0.372 e. The van der Waals surface area contributed by atoms with Crippen LogP contribution in [-0.4, -0.2) is 34.0 Å². The van der Waals surface area contributed by atoms with Crippen molar-refractivity contribution < 1.29 is 13.2 Å². The van der Waals surface area contributed by atoms with Crippen LogP contribution < -0.4 is 14.5 Å². The third-order valence-electron chi connectivity index (χ3n) is 5.62. The van der Waals surface area contributed by atoms with Crippen LogP contribution in [0.4, 0.5) is 17.1 Å². The molecular formula is C22H27N3O3S. The summed E-state index contributed by atoms with van der Waals surface area (Å²) in [5.41, 5.74) is 2.42. The zero-order valence-electron chi connectivity index (χ0n) is 16.5. The number of nitrogens with zero attached hydrogens (tertiary/aromatic N) is 2. The van der Waals surface area contributed by atoms with Crippen LogP contribution in [0.15, 0.2) is 53.4 Å². The number of nitrogens with one attached hydrogen (secondary N) is 1. The van der Waals surface area contributed by atoms with Crippen LogP contribution in [0.5, 0.6) is 0 Å². The highest BCUT2D eigenvalue weighted by atomic mass is 32.2. The first-order chi connectivity index (χ1) is 14.0. The molecule has 2 fully saturated rings. The van der Waals surface area contributed by atoms with Crippen molar-refractivity contribution in [3.05, 3.63) is 48.5 Å². The van der Waals surface area contributed by atoms with Crippen molar-refractivity contribution in [1.29, 1.82) is 0 Å². The summed E-state index contributed by atoms with van der Waals surface area (Å²) in [6, 6.07) is 14.1. The van der Waals surface area contributed by atoms with Crippen molar-refractivity contribution in [2.24, 2.45) is 0 Å². The smallest absolute Gasteiger partial charge is 0.261 e. The first kappa shape index (κ1) is 19.8. The summed E-state index contributed by atoms with van der Waals surface area (Å²) >= 11 is 0. The van der Waals surface area contributed by atoms with Gasteiger partial charge in [0.25, 0.3) is 10.0 Å². The summed E-state index contributed by atoms with van der Waals surface area (Å²) in [5, 5.41) is 0. The molecule has 6 nitrogen and oxygen atoms in total.